The minimum Gasteiger partial charge on any atom is -0.417 e. The van der Waals surface area contributed by atoms with Crippen LogP contribution < -0.4 is 0 Å². The normalized spacial score (nSPS) is 25.1. The SMILES string of the molecule is CC(C)(C)[Si](C)(C)OC[C@H]1C[C@@](O)(c2cccc(C#N)c2)[C@@H]1CO[Si](C)(C)C(C)(C)C. The summed E-state index contributed by atoms with van der Waals surface area (Å²) in [6.07, 6.45) is 0.641. The second-order valence-electron chi connectivity index (χ2n) is 12.3. The van der Waals surface area contributed by atoms with Crippen molar-refractivity contribution in [3.05, 3.63) is 35.4 Å². The summed E-state index contributed by atoms with van der Waals surface area (Å²) in [4.78, 5) is 0. The summed E-state index contributed by atoms with van der Waals surface area (Å²) in [6, 6.07) is 9.60. The van der Waals surface area contributed by atoms with Gasteiger partial charge in [0.25, 0.3) is 0 Å². The average Bonchev–Trinajstić information content (AvgIpc) is 2.62. The molecule has 6 heteroatoms. The standard InChI is InChI=1S/C25H43NO3Si2/c1-23(2,3)30(7,8)28-17-20-15-25(27,21-13-11-12-19(14-21)16-26)22(20)18-29-31(9,10)24(4,5)6/h11-14,20,22,27H,15,17-18H2,1-10H3/t20-,22-,25-/m1/s1. The minimum absolute atomic E-state index is 0.0414. The number of hydrogen-bond donors (Lipinski definition) is 1. The van der Waals surface area contributed by atoms with Gasteiger partial charge in [-0.2, -0.15) is 5.26 Å². The Morgan fingerprint density at radius 2 is 1.52 bits per heavy atom. The Bertz CT molecular complexity index is 817. The summed E-state index contributed by atoms with van der Waals surface area (Å²) in [6.45, 7) is 23.7. The maximum atomic E-state index is 11.7. The molecule has 31 heavy (non-hydrogen) atoms. The number of aliphatic hydroxyl groups is 1. The summed E-state index contributed by atoms with van der Waals surface area (Å²) in [5.74, 6) is 0.204. The van der Waals surface area contributed by atoms with E-state index in [2.05, 4.69) is 73.8 Å². The van der Waals surface area contributed by atoms with Crippen LogP contribution in [0.15, 0.2) is 24.3 Å². The van der Waals surface area contributed by atoms with Crippen LogP contribution in [0.1, 0.15) is 59.1 Å². The van der Waals surface area contributed by atoms with Gasteiger partial charge in [-0.3, -0.25) is 0 Å². The Morgan fingerprint density at radius 1 is 1.00 bits per heavy atom. The van der Waals surface area contributed by atoms with E-state index in [9.17, 15) is 10.4 Å². The highest BCUT2D eigenvalue weighted by atomic mass is 28.4. The summed E-state index contributed by atoms with van der Waals surface area (Å²) in [5, 5.41) is 21.3. The van der Waals surface area contributed by atoms with Gasteiger partial charge in [0.05, 0.1) is 17.2 Å². The van der Waals surface area contributed by atoms with Crippen molar-refractivity contribution in [2.75, 3.05) is 13.2 Å². The second kappa shape index (κ2) is 8.76. The van der Waals surface area contributed by atoms with Crippen LogP contribution >= 0.6 is 0 Å². The zero-order valence-corrected chi connectivity index (χ0v) is 23.3. The van der Waals surface area contributed by atoms with Crippen LogP contribution in [0.25, 0.3) is 0 Å². The van der Waals surface area contributed by atoms with Crippen molar-refractivity contribution >= 4 is 16.6 Å². The number of nitrogens with zero attached hydrogens (tertiary/aromatic N) is 1. The van der Waals surface area contributed by atoms with Crippen molar-refractivity contribution in [2.24, 2.45) is 11.8 Å². The number of hydrogen-bond acceptors (Lipinski definition) is 4. The molecule has 1 aromatic rings. The molecule has 0 spiro atoms. The van der Waals surface area contributed by atoms with Gasteiger partial charge in [0.2, 0.25) is 0 Å². The van der Waals surface area contributed by atoms with Gasteiger partial charge in [0.1, 0.15) is 0 Å². The van der Waals surface area contributed by atoms with Crippen molar-refractivity contribution in [3.8, 4) is 6.07 Å². The van der Waals surface area contributed by atoms with E-state index in [0.29, 0.717) is 25.2 Å². The zero-order chi connectivity index (χ0) is 23.9. The maximum Gasteiger partial charge on any atom is 0.191 e. The third-order valence-electron chi connectivity index (χ3n) is 8.14. The molecular formula is C25H43NO3Si2. The van der Waals surface area contributed by atoms with Crippen LogP contribution in [-0.2, 0) is 14.5 Å². The molecule has 0 unspecified atom stereocenters. The quantitative estimate of drug-likeness (QED) is 0.475. The maximum absolute atomic E-state index is 11.7. The van der Waals surface area contributed by atoms with E-state index in [4.69, 9.17) is 8.85 Å². The van der Waals surface area contributed by atoms with Crippen molar-refractivity contribution in [3.63, 3.8) is 0 Å². The van der Waals surface area contributed by atoms with Gasteiger partial charge in [-0.25, -0.2) is 0 Å². The predicted octanol–water partition coefficient (Wildman–Crippen LogP) is 6.43. The van der Waals surface area contributed by atoms with Gasteiger partial charge >= 0.3 is 0 Å². The van der Waals surface area contributed by atoms with Crippen LogP contribution in [-0.4, -0.2) is 35.0 Å². The topological polar surface area (TPSA) is 62.5 Å². The summed E-state index contributed by atoms with van der Waals surface area (Å²) >= 11 is 0. The molecule has 0 saturated heterocycles. The van der Waals surface area contributed by atoms with Crippen LogP contribution in [0.5, 0.6) is 0 Å². The lowest BCUT2D eigenvalue weighted by molar-refractivity contribution is -0.169. The van der Waals surface area contributed by atoms with E-state index in [1.807, 2.05) is 18.2 Å². The fourth-order valence-electron chi connectivity index (χ4n) is 3.61. The first-order chi connectivity index (χ1) is 13.9. The number of benzene rings is 1. The Kier molecular flexibility index (Phi) is 7.42. The molecule has 1 saturated carbocycles. The van der Waals surface area contributed by atoms with Crippen molar-refractivity contribution < 1.29 is 14.0 Å². The molecule has 1 N–H and O–H groups in total. The molecule has 1 aromatic carbocycles. The molecule has 0 aliphatic heterocycles. The molecule has 0 heterocycles. The van der Waals surface area contributed by atoms with Gasteiger partial charge in [-0.15, -0.1) is 0 Å². The fraction of sp³-hybridized carbons (Fsp3) is 0.720. The van der Waals surface area contributed by atoms with Crippen molar-refractivity contribution in [1.82, 2.24) is 0 Å². The van der Waals surface area contributed by atoms with Crippen LogP contribution in [0, 0.1) is 23.2 Å². The second-order valence-corrected chi connectivity index (χ2v) is 21.9. The first-order valence-electron chi connectivity index (χ1n) is 11.5. The molecule has 2 rings (SSSR count). The lowest BCUT2D eigenvalue weighted by Gasteiger charge is -2.54. The Morgan fingerprint density at radius 3 is 2.00 bits per heavy atom. The number of nitriles is 1. The lowest BCUT2D eigenvalue weighted by Crippen LogP contribution is -2.57. The number of rotatable bonds is 7. The highest BCUT2D eigenvalue weighted by molar-refractivity contribution is 6.74. The molecular weight excluding hydrogens is 418 g/mol. The Labute approximate surface area is 192 Å². The average molecular weight is 462 g/mol. The molecule has 0 aromatic heterocycles. The van der Waals surface area contributed by atoms with Gasteiger partial charge in [0, 0.05) is 19.1 Å². The Balaban J connectivity index is 2.26. The molecule has 0 radical (unpaired) electrons. The minimum atomic E-state index is -1.95. The smallest absolute Gasteiger partial charge is 0.191 e. The first-order valence-corrected chi connectivity index (χ1v) is 17.3. The summed E-state index contributed by atoms with van der Waals surface area (Å²) in [5.41, 5.74) is 0.423. The van der Waals surface area contributed by atoms with E-state index in [1.54, 1.807) is 6.07 Å². The summed E-state index contributed by atoms with van der Waals surface area (Å²) in [7, 11) is -3.81. The van der Waals surface area contributed by atoms with E-state index in [1.165, 1.54) is 0 Å². The largest absolute Gasteiger partial charge is 0.417 e. The van der Waals surface area contributed by atoms with Gasteiger partial charge in [-0.1, -0.05) is 53.7 Å². The third-order valence-corrected chi connectivity index (χ3v) is 17.1. The van der Waals surface area contributed by atoms with E-state index in [0.717, 1.165) is 5.56 Å². The van der Waals surface area contributed by atoms with Crippen LogP contribution in [0.4, 0.5) is 0 Å². The zero-order valence-electron chi connectivity index (χ0n) is 21.3. The predicted molar refractivity (Wildman–Crippen MR) is 133 cm³/mol. The fourth-order valence-corrected chi connectivity index (χ4v) is 5.70. The molecule has 1 aliphatic carbocycles. The lowest BCUT2D eigenvalue weighted by atomic mass is 9.59. The molecule has 1 aliphatic rings. The summed E-state index contributed by atoms with van der Waals surface area (Å²) < 4.78 is 13.1. The van der Waals surface area contributed by atoms with Crippen molar-refractivity contribution in [2.45, 2.75) is 89.8 Å². The monoisotopic (exact) mass is 461 g/mol. The first kappa shape index (κ1) is 26.3. The molecule has 0 amide bonds. The molecule has 4 nitrogen and oxygen atoms in total. The van der Waals surface area contributed by atoms with Crippen LogP contribution in [0.3, 0.4) is 0 Å². The van der Waals surface area contributed by atoms with Gasteiger partial charge in [-0.05, 0) is 66.3 Å². The highest BCUT2D eigenvalue weighted by Crippen LogP contribution is 2.53. The van der Waals surface area contributed by atoms with Gasteiger partial charge in [0.15, 0.2) is 16.6 Å². The Hall–Kier alpha value is -0.976. The van der Waals surface area contributed by atoms with Gasteiger partial charge < -0.3 is 14.0 Å². The van der Waals surface area contributed by atoms with Crippen molar-refractivity contribution in [1.29, 1.82) is 5.26 Å². The molecule has 1 fully saturated rings. The van der Waals surface area contributed by atoms with E-state index in [-0.39, 0.29) is 21.9 Å². The van der Waals surface area contributed by atoms with Crippen LogP contribution in [0.2, 0.25) is 36.3 Å². The third kappa shape index (κ3) is 5.51. The van der Waals surface area contributed by atoms with E-state index >= 15 is 0 Å². The van der Waals surface area contributed by atoms with E-state index < -0.39 is 22.2 Å². The molecule has 3 atom stereocenters. The highest BCUT2D eigenvalue weighted by Gasteiger charge is 2.55. The molecule has 174 valence electrons. The molecule has 0 bridgehead atoms.